The first-order valence-corrected chi connectivity index (χ1v) is 11.6. The van der Waals surface area contributed by atoms with E-state index < -0.39 is 6.10 Å². The standard InChI is InChI=1S/C26H28N6O/c1-2-17-21(32-11-8-18-23(27)29-14-30-24(18)32)13-16(22(17)33)6-4-15-5-7-19-20(12-15)31-25(28)26(19)9-3-10-26/h2,5,7-8,11-14,17,21-22,33H,1,3-4,6,9-10H2,(H2,28,31)(H2,27,29,30)/t17-,21+,22+/m0/s1. The Morgan fingerprint density at radius 1 is 1.18 bits per heavy atom. The minimum Gasteiger partial charge on any atom is -0.388 e. The highest BCUT2D eigenvalue weighted by Gasteiger charge is 2.47. The molecule has 0 bridgehead atoms. The van der Waals surface area contributed by atoms with Crippen molar-refractivity contribution in [2.45, 2.75) is 49.7 Å². The van der Waals surface area contributed by atoms with Crippen molar-refractivity contribution >= 4 is 28.4 Å². The summed E-state index contributed by atoms with van der Waals surface area (Å²) in [5.41, 5.74) is 17.6. The largest absolute Gasteiger partial charge is 0.388 e. The molecule has 3 aliphatic rings. The van der Waals surface area contributed by atoms with Gasteiger partial charge in [0.15, 0.2) is 0 Å². The highest BCUT2D eigenvalue weighted by molar-refractivity contribution is 6.00. The van der Waals surface area contributed by atoms with Gasteiger partial charge in [0, 0.05) is 12.1 Å². The maximum atomic E-state index is 11.1. The van der Waals surface area contributed by atoms with Crippen molar-refractivity contribution in [2.24, 2.45) is 16.6 Å². The summed E-state index contributed by atoms with van der Waals surface area (Å²) in [7, 11) is 0. The second-order valence-electron chi connectivity index (χ2n) is 9.49. The minimum atomic E-state index is -0.578. The zero-order chi connectivity index (χ0) is 22.7. The van der Waals surface area contributed by atoms with Crippen molar-refractivity contribution < 1.29 is 5.11 Å². The lowest BCUT2D eigenvalue weighted by atomic mass is 9.64. The Kier molecular flexibility index (Phi) is 4.45. The molecule has 33 heavy (non-hydrogen) atoms. The van der Waals surface area contributed by atoms with Crippen LogP contribution in [0.25, 0.3) is 11.0 Å². The number of aryl methyl sites for hydroxylation is 1. The summed E-state index contributed by atoms with van der Waals surface area (Å²) in [4.78, 5) is 13.2. The Labute approximate surface area is 192 Å². The molecule has 6 rings (SSSR count). The van der Waals surface area contributed by atoms with Gasteiger partial charge in [-0.25, -0.2) is 15.0 Å². The molecule has 2 aliphatic carbocycles. The van der Waals surface area contributed by atoms with E-state index in [1.54, 1.807) is 0 Å². The third-order valence-corrected chi connectivity index (χ3v) is 7.88. The lowest BCUT2D eigenvalue weighted by molar-refractivity contribution is 0.159. The molecule has 1 spiro atoms. The number of hydrogen-bond acceptors (Lipinski definition) is 6. The Hall–Kier alpha value is -3.45. The van der Waals surface area contributed by atoms with E-state index in [4.69, 9.17) is 11.5 Å². The molecule has 1 aliphatic heterocycles. The lowest BCUT2D eigenvalue weighted by Gasteiger charge is -2.38. The molecule has 0 radical (unpaired) electrons. The van der Waals surface area contributed by atoms with Gasteiger partial charge in [-0.2, -0.15) is 0 Å². The SMILES string of the molecule is C=C[C@@H]1[C@H](O)C(CCc2ccc3c(c2)N=C(N)C32CCC2)=C[C@H]1n1ccc2c(N)ncnc21. The van der Waals surface area contributed by atoms with Gasteiger partial charge in [0.1, 0.15) is 23.6 Å². The molecular weight excluding hydrogens is 412 g/mol. The van der Waals surface area contributed by atoms with Gasteiger partial charge < -0.3 is 21.1 Å². The van der Waals surface area contributed by atoms with Crippen LogP contribution in [0, 0.1) is 5.92 Å². The molecule has 3 heterocycles. The fourth-order valence-corrected chi connectivity index (χ4v) is 5.81. The molecule has 3 atom stereocenters. The molecule has 2 aromatic heterocycles. The Morgan fingerprint density at radius 3 is 2.79 bits per heavy atom. The quantitative estimate of drug-likeness (QED) is 0.523. The van der Waals surface area contributed by atoms with Gasteiger partial charge in [-0.3, -0.25) is 0 Å². The van der Waals surface area contributed by atoms with Gasteiger partial charge in [-0.15, -0.1) is 6.58 Å². The van der Waals surface area contributed by atoms with E-state index in [0.29, 0.717) is 5.82 Å². The number of allylic oxidation sites excluding steroid dienone is 1. The van der Waals surface area contributed by atoms with Crippen LogP contribution in [0.3, 0.4) is 0 Å². The van der Waals surface area contributed by atoms with Crippen LogP contribution in [0.15, 0.2) is 66.1 Å². The van der Waals surface area contributed by atoms with Gasteiger partial charge in [-0.05, 0) is 54.5 Å². The summed E-state index contributed by atoms with van der Waals surface area (Å²) in [6, 6.07) is 8.42. The smallest absolute Gasteiger partial charge is 0.146 e. The first kappa shape index (κ1) is 20.2. The van der Waals surface area contributed by atoms with Crippen LogP contribution in [-0.2, 0) is 11.8 Å². The summed E-state index contributed by atoms with van der Waals surface area (Å²) in [6.07, 6.45) is 11.9. The normalized spacial score (nSPS) is 25.1. The highest BCUT2D eigenvalue weighted by Crippen LogP contribution is 2.51. The van der Waals surface area contributed by atoms with Crippen molar-refractivity contribution in [1.82, 2.24) is 14.5 Å². The lowest BCUT2D eigenvalue weighted by Crippen LogP contribution is -2.44. The predicted molar refractivity (Wildman–Crippen MR) is 130 cm³/mol. The molecule has 1 fully saturated rings. The van der Waals surface area contributed by atoms with Crippen molar-refractivity contribution in [3.8, 4) is 0 Å². The van der Waals surface area contributed by atoms with Gasteiger partial charge in [0.05, 0.1) is 28.6 Å². The third-order valence-electron chi connectivity index (χ3n) is 7.88. The zero-order valence-corrected chi connectivity index (χ0v) is 18.5. The van der Waals surface area contributed by atoms with Crippen LogP contribution in [0.1, 0.15) is 42.9 Å². The van der Waals surface area contributed by atoms with Crippen molar-refractivity contribution in [1.29, 1.82) is 0 Å². The number of aliphatic imine (C=N–C) groups is 1. The number of anilines is 1. The summed E-state index contributed by atoms with van der Waals surface area (Å²) in [5.74, 6) is 1.10. The van der Waals surface area contributed by atoms with Crippen LogP contribution in [0.5, 0.6) is 0 Å². The number of rotatable bonds is 5. The molecular formula is C26H28N6O. The number of aliphatic hydroxyl groups is 1. The van der Waals surface area contributed by atoms with Crippen LogP contribution >= 0.6 is 0 Å². The second-order valence-corrected chi connectivity index (χ2v) is 9.49. The van der Waals surface area contributed by atoms with Crippen molar-refractivity contribution in [2.75, 3.05) is 5.73 Å². The summed E-state index contributed by atoms with van der Waals surface area (Å²) in [6.45, 7) is 3.99. The summed E-state index contributed by atoms with van der Waals surface area (Å²) in [5, 5.41) is 11.9. The van der Waals surface area contributed by atoms with Gasteiger partial charge >= 0.3 is 0 Å². The highest BCUT2D eigenvalue weighted by atomic mass is 16.3. The molecule has 5 N–H and O–H groups in total. The second kappa shape index (κ2) is 7.28. The molecule has 0 amide bonds. The topological polar surface area (TPSA) is 115 Å². The summed E-state index contributed by atoms with van der Waals surface area (Å²) >= 11 is 0. The average molecular weight is 441 g/mol. The maximum Gasteiger partial charge on any atom is 0.146 e. The fraction of sp³-hybridized carbons (Fsp3) is 0.346. The number of hydrogen-bond donors (Lipinski definition) is 3. The van der Waals surface area contributed by atoms with Gasteiger partial charge in [-0.1, -0.05) is 30.7 Å². The monoisotopic (exact) mass is 440 g/mol. The zero-order valence-electron chi connectivity index (χ0n) is 18.5. The first-order valence-electron chi connectivity index (χ1n) is 11.6. The molecule has 1 saturated carbocycles. The number of aliphatic hydroxyl groups excluding tert-OH is 1. The van der Waals surface area contributed by atoms with Crippen LogP contribution in [0.4, 0.5) is 11.5 Å². The van der Waals surface area contributed by atoms with Crippen LogP contribution < -0.4 is 11.5 Å². The number of fused-ring (bicyclic) bond motifs is 3. The number of nitrogen functional groups attached to an aromatic ring is 1. The van der Waals surface area contributed by atoms with E-state index in [2.05, 4.69) is 50.4 Å². The molecule has 168 valence electrons. The number of aromatic nitrogens is 3. The van der Waals surface area contributed by atoms with E-state index in [9.17, 15) is 5.11 Å². The molecule has 0 unspecified atom stereocenters. The molecule has 0 saturated heterocycles. The van der Waals surface area contributed by atoms with E-state index in [1.165, 1.54) is 23.9 Å². The van der Waals surface area contributed by atoms with E-state index in [1.807, 2.05) is 18.3 Å². The number of benzene rings is 1. The minimum absolute atomic E-state index is 0.00503. The van der Waals surface area contributed by atoms with Crippen LogP contribution in [0.2, 0.25) is 0 Å². The molecule has 7 heteroatoms. The van der Waals surface area contributed by atoms with Crippen LogP contribution in [-0.4, -0.2) is 31.6 Å². The van der Waals surface area contributed by atoms with E-state index in [-0.39, 0.29) is 17.4 Å². The Morgan fingerprint density at radius 2 is 2.03 bits per heavy atom. The summed E-state index contributed by atoms with van der Waals surface area (Å²) < 4.78 is 2.06. The number of nitrogens with two attached hydrogens (primary N) is 2. The average Bonchev–Trinajstić information content (AvgIpc) is 3.43. The van der Waals surface area contributed by atoms with Crippen molar-refractivity contribution in [3.05, 3.63) is 72.2 Å². The number of amidine groups is 1. The first-order chi connectivity index (χ1) is 16.0. The van der Waals surface area contributed by atoms with Crippen molar-refractivity contribution in [3.63, 3.8) is 0 Å². The molecule has 7 nitrogen and oxygen atoms in total. The number of nitrogens with zero attached hydrogens (tertiary/aromatic N) is 4. The third kappa shape index (κ3) is 2.88. The van der Waals surface area contributed by atoms with E-state index >= 15 is 0 Å². The Bertz CT molecular complexity index is 1330. The Balaban J connectivity index is 1.25. The van der Waals surface area contributed by atoms with Gasteiger partial charge in [0.2, 0.25) is 0 Å². The van der Waals surface area contributed by atoms with Gasteiger partial charge in [0.25, 0.3) is 0 Å². The maximum absolute atomic E-state index is 11.1. The predicted octanol–water partition coefficient (Wildman–Crippen LogP) is 3.71. The van der Waals surface area contributed by atoms with E-state index in [0.717, 1.165) is 53.8 Å². The fourth-order valence-electron chi connectivity index (χ4n) is 5.81. The molecule has 3 aromatic rings. The molecule has 1 aromatic carbocycles.